The fourth-order valence-electron chi connectivity index (χ4n) is 2.66. The molecule has 0 fully saturated rings. The van der Waals surface area contributed by atoms with E-state index in [-0.39, 0.29) is 11.5 Å². The van der Waals surface area contributed by atoms with E-state index < -0.39 is 0 Å². The number of benzene rings is 2. The summed E-state index contributed by atoms with van der Waals surface area (Å²) in [5.41, 5.74) is 5.44. The first-order valence-electron chi connectivity index (χ1n) is 7.27. The van der Waals surface area contributed by atoms with Crippen LogP contribution in [0, 0.1) is 0 Å². The third kappa shape index (κ3) is 2.64. The first kappa shape index (κ1) is 14.4. The van der Waals surface area contributed by atoms with Crippen molar-refractivity contribution in [3.8, 4) is 22.6 Å². The second-order valence-corrected chi connectivity index (χ2v) is 5.05. The number of aromatic hydroxyl groups is 2. The van der Waals surface area contributed by atoms with Gasteiger partial charge in [0.05, 0.1) is 0 Å². The molecule has 2 aromatic rings. The Morgan fingerprint density at radius 1 is 0.800 bits per heavy atom. The van der Waals surface area contributed by atoms with Gasteiger partial charge < -0.3 is 10.2 Å². The minimum atomic E-state index is 0.117. The van der Waals surface area contributed by atoms with Crippen LogP contribution in [0.4, 0.5) is 0 Å². The molecular formula is C18H22O2. The topological polar surface area (TPSA) is 40.5 Å². The highest BCUT2D eigenvalue weighted by atomic mass is 16.3. The molecule has 0 amide bonds. The van der Waals surface area contributed by atoms with Gasteiger partial charge in [0.1, 0.15) is 11.5 Å². The zero-order chi connectivity index (χ0) is 14.7. The van der Waals surface area contributed by atoms with Crippen molar-refractivity contribution < 1.29 is 10.2 Å². The maximum absolute atomic E-state index is 10.2. The van der Waals surface area contributed by atoms with Crippen molar-refractivity contribution >= 4 is 0 Å². The van der Waals surface area contributed by atoms with Gasteiger partial charge in [-0.05, 0) is 47.6 Å². The molecule has 2 rings (SSSR count). The maximum atomic E-state index is 10.2. The van der Waals surface area contributed by atoms with E-state index in [0.29, 0.717) is 0 Å². The Morgan fingerprint density at radius 2 is 1.50 bits per heavy atom. The summed E-state index contributed by atoms with van der Waals surface area (Å²) in [6, 6.07) is 9.56. The molecule has 0 aliphatic carbocycles. The molecular weight excluding hydrogens is 248 g/mol. The van der Waals surface area contributed by atoms with Crippen molar-refractivity contribution in [2.45, 2.75) is 40.0 Å². The van der Waals surface area contributed by atoms with Crippen LogP contribution in [0.25, 0.3) is 11.1 Å². The Labute approximate surface area is 120 Å². The van der Waals surface area contributed by atoms with Crippen LogP contribution >= 0.6 is 0 Å². The van der Waals surface area contributed by atoms with Crippen molar-refractivity contribution in [2.24, 2.45) is 0 Å². The molecule has 2 heteroatoms. The fraction of sp³-hybridized carbons (Fsp3) is 0.333. The largest absolute Gasteiger partial charge is 0.508 e. The van der Waals surface area contributed by atoms with Crippen LogP contribution in [0.3, 0.4) is 0 Å². The molecule has 2 aromatic carbocycles. The van der Waals surface area contributed by atoms with Gasteiger partial charge in [-0.1, -0.05) is 39.0 Å². The molecule has 0 saturated heterocycles. The lowest BCUT2D eigenvalue weighted by molar-refractivity contribution is 0.450. The standard InChI is InChI=1S/C18H22O2/c1-4-12-7-8-16(13(5-2)9-12)18-14(6-3)10-15(19)11-17(18)20/h7-11,19-20H,4-6H2,1-3H3. The summed E-state index contributed by atoms with van der Waals surface area (Å²) < 4.78 is 0. The third-order valence-electron chi connectivity index (χ3n) is 3.79. The summed E-state index contributed by atoms with van der Waals surface area (Å²) in [6.45, 7) is 6.30. The Balaban J connectivity index is 2.67. The lowest BCUT2D eigenvalue weighted by Crippen LogP contribution is -1.95. The zero-order valence-electron chi connectivity index (χ0n) is 12.4. The van der Waals surface area contributed by atoms with Gasteiger partial charge in [-0.2, -0.15) is 0 Å². The van der Waals surface area contributed by atoms with Crippen LogP contribution in [0.2, 0.25) is 0 Å². The number of phenolic OH excluding ortho intramolecular Hbond substituents is 2. The highest BCUT2D eigenvalue weighted by Crippen LogP contribution is 2.38. The average molecular weight is 270 g/mol. The summed E-state index contributed by atoms with van der Waals surface area (Å²) in [5.74, 6) is 0.270. The Bertz CT molecular complexity index is 615. The molecule has 0 heterocycles. The minimum Gasteiger partial charge on any atom is -0.508 e. The number of rotatable bonds is 4. The molecule has 0 aliphatic heterocycles. The normalized spacial score (nSPS) is 10.8. The third-order valence-corrected chi connectivity index (χ3v) is 3.79. The average Bonchev–Trinajstić information content (AvgIpc) is 2.46. The number of hydrogen-bond donors (Lipinski definition) is 2. The van der Waals surface area contributed by atoms with E-state index in [9.17, 15) is 10.2 Å². The van der Waals surface area contributed by atoms with E-state index in [1.807, 2.05) is 6.92 Å². The number of aryl methyl sites for hydroxylation is 3. The summed E-state index contributed by atoms with van der Waals surface area (Å²) in [7, 11) is 0. The van der Waals surface area contributed by atoms with Gasteiger partial charge in [0, 0.05) is 11.6 Å². The Hall–Kier alpha value is -1.96. The Morgan fingerprint density at radius 3 is 2.10 bits per heavy atom. The SMILES string of the molecule is CCc1ccc(-c2c(O)cc(O)cc2CC)c(CC)c1. The van der Waals surface area contributed by atoms with Gasteiger partial charge in [0.25, 0.3) is 0 Å². The van der Waals surface area contributed by atoms with Crippen molar-refractivity contribution in [2.75, 3.05) is 0 Å². The lowest BCUT2D eigenvalue weighted by Gasteiger charge is -2.15. The van der Waals surface area contributed by atoms with Crippen molar-refractivity contribution in [3.63, 3.8) is 0 Å². The van der Waals surface area contributed by atoms with Gasteiger partial charge in [-0.25, -0.2) is 0 Å². The fourth-order valence-corrected chi connectivity index (χ4v) is 2.66. The zero-order valence-corrected chi connectivity index (χ0v) is 12.4. The van der Waals surface area contributed by atoms with Crippen molar-refractivity contribution in [1.82, 2.24) is 0 Å². The lowest BCUT2D eigenvalue weighted by atomic mass is 9.90. The highest BCUT2D eigenvalue weighted by Gasteiger charge is 2.14. The predicted molar refractivity (Wildman–Crippen MR) is 83.3 cm³/mol. The second kappa shape index (κ2) is 6.00. The van der Waals surface area contributed by atoms with Crippen LogP contribution in [-0.2, 0) is 19.3 Å². The molecule has 0 atom stereocenters. The molecule has 0 unspecified atom stereocenters. The predicted octanol–water partition coefficient (Wildman–Crippen LogP) is 4.45. The van der Waals surface area contributed by atoms with E-state index in [4.69, 9.17) is 0 Å². The van der Waals surface area contributed by atoms with E-state index in [1.54, 1.807) is 6.07 Å². The number of hydrogen-bond acceptors (Lipinski definition) is 2. The maximum Gasteiger partial charge on any atom is 0.127 e. The molecule has 2 N–H and O–H groups in total. The van der Waals surface area contributed by atoms with Gasteiger partial charge in [-0.15, -0.1) is 0 Å². The molecule has 0 bridgehead atoms. The first-order chi connectivity index (χ1) is 9.60. The molecule has 0 aromatic heterocycles. The molecule has 0 aliphatic rings. The Kier molecular flexibility index (Phi) is 4.33. The smallest absolute Gasteiger partial charge is 0.127 e. The first-order valence-corrected chi connectivity index (χ1v) is 7.27. The van der Waals surface area contributed by atoms with E-state index >= 15 is 0 Å². The number of phenols is 2. The summed E-state index contributed by atoms with van der Waals surface area (Å²) in [6.07, 6.45) is 2.71. The monoisotopic (exact) mass is 270 g/mol. The summed E-state index contributed by atoms with van der Waals surface area (Å²) in [4.78, 5) is 0. The van der Waals surface area contributed by atoms with Crippen LogP contribution < -0.4 is 0 Å². The van der Waals surface area contributed by atoms with Gasteiger partial charge >= 0.3 is 0 Å². The molecule has 0 radical (unpaired) electrons. The minimum absolute atomic E-state index is 0.117. The summed E-state index contributed by atoms with van der Waals surface area (Å²) >= 11 is 0. The quantitative estimate of drug-likeness (QED) is 0.861. The van der Waals surface area contributed by atoms with Gasteiger partial charge in [-0.3, -0.25) is 0 Å². The molecule has 20 heavy (non-hydrogen) atoms. The highest BCUT2D eigenvalue weighted by molar-refractivity contribution is 5.77. The van der Waals surface area contributed by atoms with Crippen LogP contribution in [0.5, 0.6) is 11.5 Å². The van der Waals surface area contributed by atoms with E-state index in [0.717, 1.165) is 36.0 Å². The van der Waals surface area contributed by atoms with E-state index in [2.05, 4.69) is 32.0 Å². The molecule has 0 spiro atoms. The van der Waals surface area contributed by atoms with E-state index in [1.165, 1.54) is 17.2 Å². The van der Waals surface area contributed by atoms with Crippen LogP contribution in [0.15, 0.2) is 30.3 Å². The molecule has 2 nitrogen and oxygen atoms in total. The van der Waals surface area contributed by atoms with Crippen molar-refractivity contribution in [1.29, 1.82) is 0 Å². The second-order valence-electron chi connectivity index (χ2n) is 5.05. The van der Waals surface area contributed by atoms with Crippen molar-refractivity contribution in [3.05, 3.63) is 47.0 Å². The molecule has 0 saturated carbocycles. The molecule has 106 valence electrons. The van der Waals surface area contributed by atoms with Crippen LogP contribution in [-0.4, -0.2) is 10.2 Å². The summed E-state index contributed by atoms with van der Waals surface area (Å²) in [5, 5.41) is 19.9. The van der Waals surface area contributed by atoms with Gasteiger partial charge in [0.2, 0.25) is 0 Å². The van der Waals surface area contributed by atoms with Crippen LogP contribution in [0.1, 0.15) is 37.5 Å². The van der Waals surface area contributed by atoms with Gasteiger partial charge in [0.15, 0.2) is 0 Å².